The van der Waals surface area contributed by atoms with Crippen molar-refractivity contribution in [2.75, 3.05) is 6.54 Å². The molecule has 0 aromatic carbocycles. The Morgan fingerprint density at radius 1 is 1.52 bits per heavy atom. The number of nitrogens with zero attached hydrogens (tertiary/aromatic N) is 2. The van der Waals surface area contributed by atoms with Gasteiger partial charge in [0.15, 0.2) is 0 Å². The maximum absolute atomic E-state index is 12.4. The second-order valence-electron chi connectivity index (χ2n) is 7.42. The predicted octanol–water partition coefficient (Wildman–Crippen LogP) is 1.79. The summed E-state index contributed by atoms with van der Waals surface area (Å²) < 4.78 is 1.86. The molecule has 2 fully saturated rings. The molecule has 1 aromatic rings. The van der Waals surface area contributed by atoms with Crippen LogP contribution in [0.1, 0.15) is 50.5 Å². The summed E-state index contributed by atoms with van der Waals surface area (Å²) in [5.74, 6) is 0.669. The summed E-state index contributed by atoms with van der Waals surface area (Å²) in [6.45, 7) is 8.28. The second kappa shape index (κ2) is 4.83. The molecule has 116 valence electrons. The van der Waals surface area contributed by atoms with E-state index in [2.05, 4.69) is 31.1 Å². The number of imidazole rings is 1. The van der Waals surface area contributed by atoms with Crippen molar-refractivity contribution in [2.45, 2.75) is 52.6 Å². The van der Waals surface area contributed by atoms with E-state index in [0.717, 1.165) is 12.3 Å². The summed E-state index contributed by atoms with van der Waals surface area (Å²) >= 11 is 0. The molecular formula is C16H26N4O. The lowest BCUT2D eigenvalue weighted by Crippen LogP contribution is -2.47. The van der Waals surface area contributed by atoms with E-state index in [9.17, 15) is 4.79 Å². The van der Waals surface area contributed by atoms with Gasteiger partial charge in [0.1, 0.15) is 5.69 Å². The van der Waals surface area contributed by atoms with Gasteiger partial charge in [-0.25, -0.2) is 4.98 Å². The van der Waals surface area contributed by atoms with E-state index >= 15 is 0 Å². The zero-order chi connectivity index (χ0) is 15.3. The average molecular weight is 290 g/mol. The van der Waals surface area contributed by atoms with Gasteiger partial charge in [-0.3, -0.25) is 4.79 Å². The molecule has 1 heterocycles. The Bertz CT molecular complexity index is 550. The van der Waals surface area contributed by atoms with E-state index in [4.69, 9.17) is 5.73 Å². The predicted molar refractivity (Wildman–Crippen MR) is 81.8 cm³/mol. The minimum Gasteiger partial charge on any atom is -0.347 e. The number of aromatic nitrogens is 2. The average Bonchev–Trinajstić information content (AvgIpc) is 3.02. The SMILES string of the molecule is CC1(C)C2CCC1(C)C(NC(=O)c1cn(CCN)cn1)C2. The molecule has 0 saturated heterocycles. The number of nitrogens with one attached hydrogen (secondary N) is 1. The summed E-state index contributed by atoms with van der Waals surface area (Å²) in [5.41, 5.74) is 6.52. The Kier molecular flexibility index (Phi) is 3.35. The molecular weight excluding hydrogens is 264 g/mol. The molecule has 0 spiro atoms. The van der Waals surface area contributed by atoms with Gasteiger partial charge in [-0.2, -0.15) is 0 Å². The van der Waals surface area contributed by atoms with Gasteiger partial charge >= 0.3 is 0 Å². The van der Waals surface area contributed by atoms with Crippen LogP contribution in [0.4, 0.5) is 0 Å². The van der Waals surface area contributed by atoms with Crippen molar-refractivity contribution in [2.24, 2.45) is 22.5 Å². The molecule has 2 bridgehead atoms. The van der Waals surface area contributed by atoms with Crippen molar-refractivity contribution in [3.05, 3.63) is 18.2 Å². The highest BCUT2D eigenvalue weighted by Crippen LogP contribution is 2.65. The van der Waals surface area contributed by atoms with E-state index in [-0.39, 0.29) is 17.4 Å². The Morgan fingerprint density at radius 3 is 2.86 bits per heavy atom. The minimum absolute atomic E-state index is 0.0552. The van der Waals surface area contributed by atoms with Crippen LogP contribution in [0.15, 0.2) is 12.5 Å². The summed E-state index contributed by atoms with van der Waals surface area (Å²) in [5, 5.41) is 3.23. The van der Waals surface area contributed by atoms with Crippen molar-refractivity contribution in [1.29, 1.82) is 0 Å². The Morgan fingerprint density at radius 2 is 2.29 bits per heavy atom. The van der Waals surface area contributed by atoms with Gasteiger partial charge in [0, 0.05) is 25.3 Å². The molecule has 5 nitrogen and oxygen atoms in total. The quantitative estimate of drug-likeness (QED) is 0.888. The minimum atomic E-state index is -0.0552. The first-order chi connectivity index (χ1) is 9.88. The summed E-state index contributed by atoms with van der Waals surface area (Å²) in [7, 11) is 0. The number of carbonyl (C=O) groups is 1. The van der Waals surface area contributed by atoms with Crippen LogP contribution in [0.5, 0.6) is 0 Å². The van der Waals surface area contributed by atoms with Crippen LogP contribution in [0, 0.1) is 16.7 Å². The lowest BCUT2D eigenvalue weighted by atomic mass is 9.69. The number of carbonyl (C=O) groups excluding carboxylic acids is 1. The van der Waals surface area contributed by atoms with Crippen LogP contribution >= 0.6 is 0 Å². The van der Waals surface area contributed by atoms with E-state index in [1.165, 1.54) is 12.8 Å². The highest BCUT2D eigenvalue weighted by Gasteiger charge is 2.61. The van der Waals surface area contributed by atoms with Crippen molar-refractivity contribution >= 4 is 5.91 Å². The fourth-order valence-electron chi connectivity index (χ4n) is 4.40. The van der Waals surface area contributed by atoms with Gasteiger partial charge < -0.3 is 15.6 Å². The van der Waals surface area contributed by atoms with Crippen LogP contribution in [0.2, 0.25) is 0 Å². The maximum Gasteiger partial charge on any atom is 0.271 e. The highest BCUT2D eigenvalue weighted by molar-refractivity contribution is 5.92. The smallest absolute Gasteiger partial charge is 0.271 e. The molecule has 0 radical (unpaired) electrons. The fourth-order valence-corrected chi connectivity index (χ4v) is 4.40. The number of amides is 1. The molecule has 3 N–H and O–H groups in total. The van der Waals surface area contributed by atoms with Crippen molar-refractivity contribution in [1.82, 2.24) is 14.9 Å². The van der Waals surface area contributed by atoms with Gasteiger partial charge in [0.25, 0.3) is 5.91 Å². The first kappa shape index (κ1) is 14.6. The van der Waals surface area contributed by atoms with Crippen LogP contribution < -0.4 is 11.1 Å². The van der Waals surface area contributed by atoms with Crippen LogP contribution in [0.3, 0.4) is 0 Å². The van der Waals surface area contributed by atoms with E-state index in [1.54, 1.807) is 12.5 Å². The van der Waals surface area contributed by atoms with Gasteiger partial charge in [-0.05, 0) is 36.0 Å². The molecule has 2 aliphatic carbocycles. The molecule has 2 saturated carbocycles. The van der Waals surface area contributed by atoms with Gasteiger partial charge in [-0.1, -0.05) is 20.8 Å². The number of fused-ring (bicyclic) bond motifs is 2. The lowest BCUT2D eigenvalue weighted by Gasteiger charge is -2.39. The summed E-state index contributed by atoms with van der Waals surface area (Å²) in [6.07, 6.45) is 7.05. The first-order valence-electron chi connectivity index (χ1n) is 7.91. The zero-order valence-corrected chi connectivity index (χ0v) is 13.2. The third kappa shape index (κ3) is 2.09. The number of nitrogens with two attached hydrogens (primary N) is 1. The summed E-state index contributed by atoms with van der Waals surface area (Å²) in [6, 6.07) is 0.262. The first-order valence-corrected chi connectivity index (χ1v) is 7.91. The van der Waals surface area contributed by atoms with Crippen molar-refractivity contribution in [3.8, 4) is 0 Å². The van der Waals surface area contributed by atoms with E-state index in [0.29, 0.717) is 24.2 Å². The monoisotopic (exact) mass is 290 g/mol. The molecule has 3 rings (SSSR count). The Labute approximate surface area is 126 Å². The normalized spacial score (nSPS) is 33.3. The van der Waals surface area contributed by atoms with Gasteiger partial charge in [0.05, 0.1) is 6.33 Å². The van der Waals surface area contributed by atoms with Crippen LogP contribution in [-0.2, 0) is 6.54 Å². The number of hydrogen-bond acceptors (Lipinski definition) is 3. The topological polar surface area (TPSA) is 72.9 Å². The second-order valence-corrected chi connectivity index (χ2v) is 7.42. The third-order valence-corrected chi connectivity index (χ3v) is 6.35. The molecule has 21 heavy (non-hydrogen) atoms. The van der Waals surface area contributed by atoms with Crippen molar-refractivity contribution in [3.63, 3.8) is 0 Å². The van der Waals surface area contributed by atoms with Crippen LogP contribution in [0.25, 0.3) is 0 Å². The third-order valence-electron chi connectivity index (χ3n) is 6.35. The molecule has 1 aromatic heterocycles. The molecule has 3 atom stereocenters. The van der Waals surface area contributed by atoms with E-state index < -0.39 is 0 Å². The molecule has 1 amide bonds. The van der Waals surface area contributed by atoms with Gasteiger partial charge in [-0.15, -0.1) is 0 Å². The standard InChI is InChI=1S/C16H26N4O/c1-15(2)11-4-5-16(15,3)13(8-11)19-14(21)12-9-20(7-6-17)10-18-12/h9-11,13H,4-8,17H2,1-3H3,(H,19,21). The zero-order valence-electron chi connectivity index (χ0n) is 13.2. The lowest BCUT2D eigenvalue weighted by molar-refractivity contribution is 0.0822. The van der Waals surface area contributed by atoms with Gasteiger partial charge in [0.2, 0.25) is 0 Å². The molecule has 3 unspecified atom stereocenters. The largest absolute Gasteiger partial charge is 0.347 e. The Hall–Kier alpha value is -1.36. The molecule has 0 aliphatic heterocycles. The number of hydrogen-bond donors (Lipinski definition) is 2. The highest BCUT2D eigenvalue weighted by atomic mass is 16.2. The van der Waals surface area contributed by atoms with Crippen LogP contribution in [-0.4, -0.2) is 28.0 Å². The van der Waals surface area contributed by atoms with E-state index in [1.807, 2.05) is 4.57 Å². The summed E-state index contributed by atoms with van der Waals surface area (Å²) in [4.78, 5) is 16.6. The number of rotatable bonds is 4. The fraction of sp³-hybridized carbons (Fsp3) is 0.750. The maximum atomic E-state index is 12.4. The molecule has 5 heteroatoms. The van der Waals surface area contributed by atoms with Crippen molar-refractivity contribution < 1.29 is 4.79 Å². The Balaban J connectivity index is 1.71. The molecule has 2 aliphatic rings.